The van der Waals surface area contributed by atoms with Crippen molar-refractivity contribution in [1.82, 2.24) is 4.98 Å². The maximum atomic E-state index is 13.4. The summed E-state index contributed by atoms with van der Waals surface area (Å²) < 4.78 is 29.6. The third-order valence-electron chi connectivity index (χ3n) is 5.81. The topological polar surface area (TPSA) is 103 Å². The highest BCUT2D eigenvalue weighted by Gasteiger charge is 2.39. The first-order valence-corrected chi connectivity index (χ1v) is 11.6. The molecule has 2 atom stereocenters. The van der Waals surface area contributed by atoms with E-state index in [0.29, 0.717) is 24.3 Å². The molecule has 2 N–H and O–H groups in total. The van der Waals surface area contributed by atoms with E-state index in [2.05, 4.69) is 4.98 Å². The minimum Gasteiger partial charge on any atom is -0.480 e. The van der Waals surface area contributed by atoms with Gasteiger partial charge in [-0.3, -0.25) is 9.78 Å². The fraction of sp³-hybridized carbons (Fsp3) is 0.217. The summed E-state index contributed by atoms with van der Waals surface area (Å²) in [5.74, 6) is 0.497. The van der Waals surface area contributed by atoms with Crippen LogP contribution >= 0.6 is 0 Å². The van der Waals surface area contributed by atoms with Crippen molar-refractivity contribution in [3.63, 3.8) is 0 Å². The van der Waals surface area contributed by atoms with Crippen LogP contribution in [0.15, 0.2) is 65.7 Å². The number of sulfonamides is 1. The Morgan fingerprint density at radius 2 is 1.94 bits per heavy atom. The molecule has 158 valence electrons. The molecule has 0 aliphatic carbocycles. The van der Waals surface area contributed by atoms with E-state index in [4.69, 9.17) is 9.88 Å². The van der Waals surface area contributed by atoms with Crippen molar-refractivity contribution >= 4 is 21.6 Å². The Hall–Kier alpha value is -3.23. The molecule has 3 aromatic rings. The highest BCUT2D eigenvalue weighted by atomic mass is 32.2. The molecule has 0 radical (unpaired) electrons. The Morgan fingerprint density at radius 3 is 2.68 bits per heavy atom. The van der Waals surface area contributed by atoms with Gasteiger partial charge in [0.15, 0.2) is 6.10 Å². The van der Waals surface area contributed by atoms with Crippen molar-refractivity contribution in [3.8, 4) is 17.0 Å². The highest BCUT2D eigenvalue weighted by Crippen LogP contribution is 2.38. The number of hydrogen-bond donors (Lipinski definition) is 1. The standard InChI is InChI=1S/C23H21N3O4S/c1-14-10-16-5-7-18(31(24,28)29)13-20(16)26(14)23(27)22-12-17-11-15(6-8-21(17)30-22)19-4-2-3-9-25-19/h2-9,11,13-14,22H,10,12H2,1H3,(H2,24,28,29)/t14-,22-/m1/s1. The molecule has 2 aliphatic rings. The van der Waals surface area contributed by atoms with Gasteiger partial charge in [0.25, 0.3) is 5.91 Å². The smallest absolute Gasteiger partial charge is 0.268 e. The molecule has 2 aliphatic heterocycles. The zero-order valence-corrected chi connectivity index (χ0v) is 17.7. The molecule has 0 bridgehead atoms. The molecular weight excluding hydrogens is 414 g/mol. The van der Waals surface area contributed by atoms with Crippen LogP contribution in [0.25, 0.3) is 11.3 Å². The summed E-state index contributed by atoms with van der Waals surface area (Å²) in [6, 6.07) is 16.1. The Morgan fingerprint density at radius 1 is 1.10 bits per heavy atom. The maximum absolute atomic E-state index is 13.4. The number of benzene rings is 2. The van der Waals surface area contributed by atoms with E-state index in [0.717, 1.165) is 22.4 Å². The number of rotatable bonds is 3. The Kier molecular flexibility index (Phi) is 4.56. The molecule has 0 fully saturated rings. The van der Waals surface area contributed by atoms with Gasteiger partial charge >= 0.3 is 0 Å². The lowest BCUT2D eigenvalue weighted by Crippen LogP contribution is -2.44. The number of carbonyl (C=O) groups is 1. The van der Waals surface area contributed by atoms with Gasteiger partial charge in [-0.1, -0.05) is 12.1 Å². The SMILES string of the molecule is C[C@@H]1Cc2ccc(S(N)(=O)=O)cc2N1C(=O)[C@H]1Cc2cc(-c3ccccn3)ccc2O1. The number of ether oxygens (including phenoxy) is 1. The first-order valence-electron chi connectivity index (χ1n) is 10.0. The molecule has 0 saturated heterocycles. The van der Waals surface area contributed by atoms with Crippen molar-refractivity contribution in [2.75, 3.05) is 4.90 Å². The lowest BCUT2D eigenvalue weighted by atomic mass is 10.0. The summed E-state index contributed by atoms with van der Waals surface area (Å²) in [6.45, 7) is 1.94. The number of carbonyl (C=O) groups excluding carboxylic acids is 1. The molecule has 2 aromatic carbocycles. The lowest BCUT2D eigenvalue weighted by molar-refractivity contribution is -0.124. The van der Waals surface area contributed by atoms with Gasteiger partial charge in [0.2, 0.25) is 10.0 Å². The van der Waals surface area contributed by atoms with E-state index in [9.17, 15) is 13.2 Å². The quantitative estimate of drug-likeness (QED) is 0.681. The van der Waals surface area contributed by atoms with Gasteiger partial charge in [0, 0.05) is 29.9 Å². The Labute approximate surface area is 180 Å². The van der Waals surface area contributed by atoms with Crippen LogP contribution in [0.5, 0.6) is 5.75 Å². The predicted molar refractivity (Wildman–Crippen MR) is 116 cm³/mol. The average molecular weight is 436 g/mol. The summed E-state index contributed by atoms with van der Waals surface area (Å²) in [5.41, 5.74) is 4.28. The van der Waals surface area contributed by atoms with Crippen LogP contribution in [0.3, 0.4) is 0 Å². The van der Waals surface area contributed by atoms with Crippen LogP contribution in [-0.4, -0.2) is 31.5 Å². The molecule has 0 spiro atoms. The van der Waals surface area contributed by atoms with Gasteiger partial charge in [-0.2, -0.15) is 0 Å². The Bertz CT molecular complexity index is 1290. The van der Waals surface area contributed by atoms with Crippen LogP contribution in [0.4, 0.5) is 5.69 Å². The van der Waals surface area contributed by atoms with Crippen LogP contribution in [0.2, 0.25) is 0 Å². The molecule has 0 unspecified atom stereocenters. The number of anilines is 1. The number of aromatic nitrogens is 1. The fourth-order valence-corrected chi connectivity index (χ4v) is 4.87. The van der Waals surface area contributed by atoms with E-state index in [-0.39, 0.29) is 16.8 Å². The van der Waals surface area contributed by atoms with Crippen LogP contribution in [0, 0.1) is 0 Å². The second-order valence-corrected chi connectivity index (χ2v) is 9.51. The number of nitrogens with zero attached hydrogens (tertiary/aromatic N) is 2. The number of nitrogens with two attached hydrogens (primary N) is 1. The Balaban J connectivity index is 1.43. The van der Waals surface area contributed by atoms with Gasteiger partial charge in [0.05, 0.1) is 10.6 Å². The first kappa shape index (κ1) is 19.7. The summed E-state index contributed by atoms with van der Waals surface area (Å²) in [4.78, 5) is 19.4. The molecule has 1 aromatic heterocycles. The third kappa shape index (κ3) is 3.47. The van der Waals surface area contributed by atoms with Gasteiger partial charge in [-0.15, -0.1) is 0 Å². The van der Waals surface area contributed by atoms with Gasteiger partial charge in [0.1, 0.15) is 5.75 Å². The second kappa shape index (κ2) is 7.18. The molecule has 0 saturated carbocycles. The molecule has 5 rings (SSSR count). The minimum absolute atomic E-state index is 0.00576. The van der Waals surface area contributed by atoms with Gasteiger partial charge in [-0.05, 0) is 66.9 Å². The van der Waals surface area contributed by atoms with E-state index in [1.54, 1.807) is 17.2 Å². The average Bonchev–Trinajstić information content (AvgIpc) is 3.32. The van der Waals surface area contributed by atoms with E-state index in [1.165, 1.54) is 12.1 Å². The number of hydrogen-bond acceptors (Lipinski definition) is 5. The zero-order valence-electron chi connectivity index (χ0n) is 16.9. The molecule has 8 heteroatoms. The summed E-state index contributed by atoms with van der Waals surface area (Å²) in [6.07, 6.45) is 2.17. The molecule has 7 nitrogen and oxygen atoms in total. The van der Waals surface area contributed by atoms with Gasteiger partial charge < -0.3 is 9.64 Å². The number of pyridine rings is 1. The first-order chi connectivity index (χ1) is 14.8. The second-order valence-electron chi connectivity index (χ2n) is 7.95. The molecule has 1 amide bonds. The van der Waals surface area contributed by atoms with Crippen LogP contribution in [0.1, 0.15) is 18.1 Å². The van der Waals surface area contributed by atoms with Crippen LogP contribution in [-0.2, 0) is 27.7 Å². The molecule has 31 heavy (non-hydrogen) atoms. The van der Waals surface area contributed by atoms with Crippen molar-refractivity contribution < 1.29 is 17.9 Å². The number of fused-ring (bicyclic) bond motifs is 2. The summed E-state index contributed by atoms with van der Waals surface area (Å²) in [5, 5.41) is 5.29. The number of primary sulfonamides is 1. The largest absolute Gasteiger partial charge is 0.480 e. The third-order valence-corrected chi connectivity index (χ3v) is 6.72. The van der Waals surface area contributed by atoms with Crippen molar-refractivity contribution in [1.29, 1.82) is 0 Å². The predicted octanol–water partition coefficient (Wildman–Crippen LogP) is 2.68. The lowest BCUT2D eigenvalue weighted by Gasteiger charge is -2.25. The highest BCUT2D eigenvalue weighted by molar-refractivity contribution is 7.89. The fourth-order valence-electron chi connectivity index (χ4n) is 4.33. The van der Waals surface area contributed by atoms with Crippen LogP contribution < -0.4 is 14.8 Å². The minimum atomic E-state index is -3.86. The normalized spacial score (nSPS) is 19.6. The summed E-state index contributed by atoms with van der Waals surface area (Å²) >= 11 is 0. The maximum Gasteiger partial charge on any atom is 0.268 e. The summed E-state index contributed by atoms with van der Waals surface area (Å²) in [7, 11) is -3.86. The number of amides is 1. The van der Waals surface area contributed by atoms with Crippen molar-refractivity contribution in [3.05, 3.63) is 71.9 Å². The zero-order chi connectivity index (χ0) is 21.8. The van der Waals surface area contributed by atoms with E-state index in [1.807, 2.05) is 43.3 Å². The van der Waals surface area contributed by atoms with E-state index < -0.39 is 16.1 Å². The van der Waals surface area contributed by atoms with Crippen molar-refractivity contribution in [2.24, 2.45) is 5.14 Å². The van der Waals surface area contributed by atoms with Crippen molar-refractivity contribution in [2.45, 2.75) is 36.8 Å². The molecule has 3 heterocycles. The monoisotopic (exact) mass is 435 g/mol. The van der Waals surface area contributed by atoms with Gasteiger partial charge in [-0.25, -0.2) is 13.6 Å². The molecular formula is C23H21N3O4S. The van der Waals surface area contributed by atoms with E-state index >= 15 is 0 Å².